The Bertz CT molecular complexity index is 790. The second kappa shape index (κ2) is 6.82. The topological polar surface area (TPSA) is 77.5 Å². The fourth-order valence-electron chi connectivity index (χ4n) is 1.88. The van der Waals surface area contributed by atoms with E-state index in [1.54, 1.807) is 24.3 Å². The summed E-state index contributed by atoms with van der Waals surface area (Å²) in [6, 6.07) is 12.6. The van der Waals surface area contributed by atoms with Crippen molar-refractivity contribution in [3.05, 3.63) is 59.7 Å². The standard InChI is InChI=1S/C16H18O5S2/c1-13-3-7-15(8-4-13)22(17,18)11-21-12-23(19,20)16-9-5-14(2)6-10-16/h3-10H,11-12H2,1-2H3. The van der Waals surface area contributed by atoms with Crippen molar-refractivity contribution in [1.82, 2.24) is 0 Å². The summed E-state index contributed by atoms with van der Waals surface area (Å²) < 4.78 is 53.3. The van der Waals surface area contributed by atoms with Gasteiger partial charge in [0.05, 0.1) is 9.79 Å². The zero-order valence-corrected chi connectivity index (χ0v) is 14.5. The van der Waals surface area contributed by atoms with E-state index in [-0.39, 0.29) is 9.79 Å². The molecule has 23 heavy (non-hydrogen) atoms. The highest BCUT2D eigenvalue weighted by molar-refractivity contribution is 7.92. The van der Waals surface area contributed by atoms with Gasteiger partial charge in [-0.2, -0.15) is 0 Å². The van der Waals surface area contributed by atoms with Crippen LogP contribution in [0.5, 0.6) is 0 Å². The molecule has 0 fully saturated rings. The summed E-state index contributed by atoms with van der Waals surface area (Å²) in [4.78, 5) is 0.215. The molecule has 2 aromatic rings. The number of aryl methyl sites for hydroxylation is 2. The molecule has 7 heteroatoms. The monoisotopic (exact) mass is 354 g/mol. The lowest BCUT2D eigenvalue weighted by molar-refractivity contribution is 0.224. The van der Waals surface area contributed by atoms with Crippen LogP contribution in [0.3, 0.4) is 0 Å². The van der Waals surface area contributed by atoms with Gasteiger partial charge in [0.15, 0.2) is 11.9 Å². The average Bonchev–Trinajstić information content (AvgIpc) is 2.47. The van der Waals surface area contributed by atoms with Crippen molar-refractivity contribution in [3.8, 4) is 0 Å². The van der Waals surface area contributed by atoms with Crippen LogP contribution < -0.4 is 0 Å². The van der Waals surface area contributed by atoms with Gasteiger partial charge in [-0.1, -0.05) is 35.4 Å². The van der Waals surface area contributed by atoms with Crippen molar-refractivity contribution < 1.29 is 21.6 Å². The van der Waals surface area contributed by atoms with Gasteiger partial charge in [-0.3, -0.25) is 0 Å². The lowest BCUT2D eigenvalue weighted by atomic mass is 10.2. The largest absolute Gasteiger partial charge is 0.349 e. The molecule has 0 amide bonds. The summed E-state index contributed by atoms with van der Waals surface area (Å²) in [5.74, 6) is -1.36. The van der Waals surface area contributed by atoms with E-state index < -0.39 is 31.6 Å². The van der Waals surface area contributed by atoms with Gasteiger partial charge in [0.2, 0.25) is 19.7 Å². The third kappa shape index (κ3) is 4.63. The maximum Gasteiger partial charge on any atom is 0.202 e. The Labute approximate surface area is 136 Å². The molecule has 0 saturated carbocycles. The molecule has 0 radical (unpaired) electrons. The Morgan fingerprint density at radius 2 is 0.957 bits per heavy atom. The zero-order chi connectivity index (χ0) is 17.1. The zero-order valence-electron chi connectivity index (χ0n) is 12.9. The first kappa shape index (κ1) is 17.7. The molecule has 2 aromatic carbocycles. The molecule has 2 rings (SSSR count). The molecule has 0 aliphatic carbocycles. The Morgan fingerprint density at radius 3 is 1.26 bits per heavy atom. The van der Waals surface area contributed by atoms with E-state index in [1.165, 1.54) is 24.3 Å². The van der Waals surface area contributed by atoms with Gasteiger partial charge in [0, 0.05) is 0 Å². The van der Waals surface area contributed by atoms with Crippen molar-refractivity contribution in [2.75, 3.05) is 11.9 Å². The normalized spacial score (nSPS) is 12.3. The van der Waals surface area contributed by atoms with E-state index in [0.29, 0.717) is 0 Å². The van der Waals surface area contributed by atoms with Gasteiger partial charge in [-0.25, -0.2) is 16.8 Å². The molecule has 0 bridgehead atoms. The molecule has 0 heterocycles. The Balaban J connectivity index is 2.03. The summed E-state index contributed by atoms with van der Waals surface area (Å²) in [5.41, 5.74) is 1.87. The fraction of sp³-hybridized carbons (Fsp3) is 0.250. The molecule has 0 unspecified atom stereocenters. The Morgan fingerprint density at radius 1 is 0.652 bits per heavy atom. The van der Waals surface area contributed by atoms with Gasteiger partial charge in [-0.15, -0.1) is 0 Å². The third-order valence-corrected chi connectivity index (χ3v) is 6.17. The van der Waals surface area contributed by atoms with E-state index in [1.807, 2.05) is 13.8 Å². The summed E-state index contributed by atoms with van der Waals surface area (Å²) in [6.45, 7) is 3.70. The molecule has 124 valence electrons. The van der Waals surface area contributed by atoms with Crippen molar-refractivity contribution in [2.45, 2.75) is 23.6 Å². The van der Waals surface area contributed by atoms with Crippen LogP contribution in [0.15, 0.2) is 58.3 Å². The molecule has 0 atom stereocenters. The first-order valence-corrected chi connectivity index (χ1v) is 10.2. The quantitative estimate of drug-likeness (QED) is 0.796. The number of rotatable bonds is 6. The van der Waals surface area contributed by atoms with Crippen LogP contribution in [-0.4, -0.2) is 28.7 Å². The highest BCUT2D eigenvalue weighted by atomic mass is 32.2. The predicted molar refractivity (Wildman–Crippen MR) is 87.5 cm³/mol. The molecule has 0 saturated heterocycles. The van der Waals surface area contributed by atoms with Crippen molar-refractivity contribution >= 4 is 19.7 Å². The number of ether oxygens (including phenoxy) is 1. The number of benzene rings is 2. The van der Waals surface area contributed by atoms with Crippen LogP contribution >= 0.6 is 0 Å². The number of hydrogen-bond acceptors (Lipinski definition) is 5. The van der Waals surface area contributed by atoms with Gasteiger partial charge in [0.1, 0.15) is 0 Å². The maximum atomic E-state index is 12.1. The van der Waals surface area contributed by atoms with Crippen molar-refractivity contribution in [3.63, 3.8) is 0 Å². The summed E-state index contributed by atoms with van der Waals surface area (Å²) >= 11 is 0. The second-order valence-electron chi connectivity index (χ2n) is 5.30. The van der Waals surface area contributed by atoms with E-state index in [9.17, 15) is 16.8 Å². The molecule has 0 spiro atoms. The molecular formula is C16H18O5S2. The summed E-state index contributed by atoms with van der Waals surface area (Å²) in [7, 11) is -7.35. The molecule has 0 aromatic heterocycles. The fourth-order valence-corrected chi connectivity index (χ4v) is 3.97. The lowest BCUT2D eigenvalue weighted by Gasteiger charge is -2.08. The van der Waals surface area contributed by atoms with E-state index in [0.717, 1.165) is 11.1 Å². The SMILES string of the molecule is Cc1ccc(S(=O)(=O)COCS(=O)(=O)c2ccc(C)cc2)cc1. The first-order valence-electron chi connectivity index (χ1n) is 6.87. The summed E-state index contributed by atoms with van der Waals surface area (Å²) in [5, 5.41) is 0. The highest BCUT2D eigenvalue weighted by Crippen LogP contribution is 2.15. The van der Waals surface area contributed by atoms with Crippen LogP contribution in [0.4, 0.5) is 0 Å². The van der Waals surface area contributed by atoms with Gasteiger partial charge in [-0.05, 0) is 38.1 Å². The Kier molecular flexibility index (Phi) is 5.23. The second-order valence-corrected chi connectivity index (χ2v) is 9.17. The van der Waals surface area contributed by atoms with E-state index >= 15 is 0 Å². The van der Waals surface area contributed by atoms with E-state index in [2.05, 4.69) is 0 Å². The minimum Gasteiger partial charge on any atom is -0.349 e. The third-order valence-electron chi connectivity index (χ3n) is 3.24. The van der Waals surface area contributed by atoms with Gasteiger partial charge >= 0.3 is 0 Å². The lowest BCUT2D eigenvalue weighted by Crippen LogP contribution is -2.16. The smallest absolute Gasteiger partial charge is 0.202 e. The average molecular weight is 354 g/mol. The van der Waals surface area contributed by atoms with Crippen LogP contribution in [0.1, 0.15) is 11.1 Å². The van der Waals surface area contributed by atoms with Crippen LogP contribution in [0.2, 0.25) is 0 Å². The van der Waals surface area contributed by atoms with Crippen molar-refractivity contribution in [1.29, 1.82) is 0 Å². The molecule has 0 aliphatic rings. The highest BCUT2D eigenvalue weighted by Gasteiger charge is 2.19. The summed E-state index contributed by atoms with van der Waals surface area (Å²) in [6.07, 6.45) is 0. The molecular weight excluding hydrogens is 336 g/mol. The number of hydrogen-bond donors (Lipinski definition) is 0. The van der Waals surface area contributed by atoms with Crippen LogP contribution in [0, 0.1) is 13.8 Å². The number of sulfone groups is 2. The first-order chi connectivity index (χ1) is 10.7. The maximum absolute atomic E-state index is 12.1. The minimum atomic E-state index is -3.68. The molecule has 5 nitrogen and oxygen atoms in total. The van der Waals surface area contributed by atoms with Gasteiger partial charge in [0.25, 0.3) is 0 Å². The van der Waals surface area contributed by atoms with Crippen LogP contribution in [0.25, 0.3) is 0 Å². The van der Waals surface area contributed by atoms with E-state index in [4.69, 9.17) is 4.74 Å². The Hall–Kier alpha value is -1.70. The minimum absolute atomic E-state index is 0.107. The molecule has 0 N–H and O–H groups in total. The van der Waals surface area contributed by atoms with Crippen LogP contribution in [-0.2, 0) is 24.4 Å². The van der Waals surface area contributed by atoms with Gasteiger partial charge < -0.3 is 4.74 Å². The van der Waals surface area contributed by atoms with Crippen molar-refractivity contribution in [2.24, 2.45) is 0 Å². The molecule has 0 aliphatic heterocycles. The predicted octanol–water partition coefficient (Wildman–Crippen LogP) is 2.48.